The summed E-state index contributed by atoms with van der Waals surface area (Å²) in [4.78, 5) is 24.4. The molecule has 0 saturated heterocycles. The predicted octanol–water partition coefficient (Wildman–Crippen LogP) is 1.98. The topological polar surface area (TPSA) is 55.7 Å². The highest BCUT2D eigenvalue weighted by Crippen LogP contribution is 2.19. The van der Waals surface area contributed by atoms with Crippen molar-refractivity contribution in [3.63, 3.8) is 0 Å². The number of carbonyl (C=O) groups excluding carboxylic acids is 1. The molecule has 0 atom stereocenters. The smallest absolute Gasteiger partial charge is 0.166 e. The van der Waals surface area contributed by atoms with E-state index in [0.29, 0.717) is 18.4 Å². The lowest BCUT2D eigenvalue weighted by atomic mass is 9.96. The second kappa shape index (κ2) is 4.64. The summed E-state index contributed by atoms with van der Waals surface area (Å²) in [6, 6.07) is 3.90. The summed E-state index contributed by atoms with van der Waals surface area (Å²) < 4.78 is 0. The summed E-state index contributed by atoms with van der Waals surface area (Å²) >= 11 is 0. The fraction of sp³-hybridized carbons (Fsp3) is 0.286. The van der Waals surface area contributed by atoms with Crippen molar-refractivity contribution in [1.82, 2.24) is 15.0 Å². The molecule has 0 fully saturated rings. The van der Waals surface area contributed by atoms with Crippen LogP contribution in [0.2, 0.25) is 0 Å². The Balaban J connectivity index is 1.89. The number of aryl methyl sites for hydroxylation is 1. The molecule has 0 bridgehead atoms. The van der Waals surface area contributed by atoms with Crippen molar-refractivity contribution >= 4 is 5.78 Å². The molecule has 2 aromatic rings. The maximum absolute atomic E-state index is 11.7. The third-order valence-corrected chi connectivity index (χ3v) is 3.15. The molecule has 0 spiro atoms. The normalized spacial score (nSPS) is 14.3. The van der Waals surface area contributed by atoms with E-state index in [1.54, 1.807) is 18.6 Å². The molecule has 4 heteroatoms. The summed E-state index contributed by atoms with van der Waals surface area (Å²) in [5.74, 6) is 0.946. The number of rotatable bonds is 2. The van der Waals surface area contributed by atoms with E-state index in [9.17, 15) is 4.79 Å². The van der Waals surface area contributed by atoms with Crippen LogP contribution in [-0.4, -0.2) is 20.7 Å². The Morgan fingerprint density at radius 3 is 2.83 bits per heavy atom. The summed E-state index contributed by atoms with van der Waals surface area (Å²) in [5, 5.41) is 0. The highest BCUT2D eigenvalue weighted by Gasteiger charge is 2.19. The number of pyridine rings is 1. The maximum atomic E-state index is 11.7. The number of Topliss-reactive ketones (excluding diaryl/α,β-unsaturated/α-hetero) is 1. The SMILES string of the molecule is O=C1CCCc2nc(Cc3ccncc3)ncc21. The van der Waals surface area contributed by atoms with Crippen LogP contribution >= 0.6 is 0 Å². The molecule has 0 N–H and O–H groups in total. The van der Waals surface area contributed by atoms with Gasteiger partial charge in [-0.25, -0.2) is 9.97 Å². The molecule has 0 aromatic carbocycles. The molecule has 0 aliphatic heterocycles. The summed E-state index contributed by atoms with van der Waals surface area (Å²) in [6.45, 7) is 0. The van der Waals surface area contributed by atoms with E-state index in [4.69, 9.17) is 0 Å². The lowest BCUT2D eigenvalue weighted by molar-refractivity contribution is 0.0971. The minimum absolute atomic E-state index is 0.173. The molecule has 0 radical (unpaired) electrons. The Kier molecular flexibility index (Phi) is 2.84. The highest BCUT2D eigenvalue weighted by atomic mass is 16.1. The second-order valence-corrected chi connectivity index (χ2v) is 4.46. The molecule has 0 unspecified atom stereocenters. The molecule has 0 saturated carbocycles. The Morgan fingerprint density at radius 2 is 2.00 bits per heavy atom. The first kappa shape index (κ1) is 11.0. The Hall–Kier alpha value is -2.10. The van der Waals surface area contributed by atoms with Crippen molar-refractivity contribution < 1.29 is 4.79 Å². The minimum atomic E-state index is 0.173. The molecule has 3 rings (SSSR count). The number of hydrogen-bond donors (Lipinski definition) is 0. The van der Waals surface area contributed by atoms with Gasteiger partial charge >= 0.3 is 0 Å². The number of carbonyl (C=O) groups is 1. The molecule has 2 aromatic heterocycles. The van der Waals surface area contributed by atoms with E-state index in [1.165, 1.54) is 0 Å². The van der Waals surface area contributed by atoms with E-state index >= 15 is 0 Å². The van der Waals surface area contributed by atoms with Gasteiger partial charge in [-0.3, -0.25) is 9.78 Å². The van der Waals surface area contributed by atoms with Crippen LogP contribution in [0, 0.1) is 0 Å². The van der Waals surface area contributed by atoms with Gasteiger partial charge in [0.2, 0.25) is 0 Å². The van der Waals surface area contributed by atoms with Crippen molar-refractivity contribution in [2.45, 2.75) is 25.7 Å². The first-order valence-corrected chi connectivity index (χ1v) is 6.10. The zero-order chi connectivity index (χ0) is 12.4. The van der Waals surface area contributed by atoms with Gasteiger partial charge < -0.3 is 0 Å². The number of hydrogen-bond acceptors (Lipinski definition) is 4. The van der Waals surface area contributed by atoms with E-state index < -0.39 is 0 Å². The van der Waals surface area contributed by atoms with Crippen molar-refractivity contribution in [3.8, 4) is 0 Å². The molecular weight excluding hydrogens is 226 g/mol. The fourth-order valence-corrected chi connectivity index (χ4v) is 2.20. The molecule has 2 heterocycles. The Labute approximate surface area is 105 Å². The molecule has 18 heavy (non-hydrogen) atoms. The van der Waals surface area contributed by atoms with Crippen LogP contribution < -0.4 is 0 Å². The van der Waals surface area contributed by atoms with Gasteiger partial charge in [0.25, 0.3) is 0 Å². The van der Waals surface area contributed by atoms with Crippen molar-refractivity contribution in [3.05, 3.63) is 53.4 Å². The zero-order valence-electron chi connectivity index (χ0n) is 9.97. The maximum Gasteiger partial charge on any atom is 0.166 e. The van der Waals surface area contributed by atoms with Gasteiger partial charge in [0.15, 0.2) is 5.78 Å². The van der Waals surface area contributed by atoms with Crippen LogP contribution in [0.1, 0.15) is 40.3 Å². The van der Waals surface area contributed by atoms with Gasteiger partial charge in [-0.2, -0.15) is 0 Å². The average Bonchev–Trinajstić information content (AvgIpc) is 2.40. The quantitative estimate of drug-likeness (QED) is 0.804. The van der Waals surface area contributed by atoms with E-state index in [0.717, 1.165) is 29.9 Å². The average molecular weight is 239 g/mol. The monoisotopic (exact) mass is 239 g/mol. The van der Waals surface area contributed by atoms with E-state index in [1.807, 2.05) is 12.1 Å². The van der Waals surface area contributed by atoms with Crippen LogP contribution in [0.25, 0.3) is 0 Å². The molecule has 1 aliphatic carbocycles. The fourth-order valence-electron chi connectivity index (χ4n) is 2.20. The van der Waals surface area contributed by atoms with Gasteiger partial charge in [-0.05, 0) is 30.5 Å². The first-order chi connectivity index (χ1) is 8.83. The number of ketones is 1. The highest BCUT2D eigenvalue weighted by molar-refractivity contribution is 5.97. The third-order valence-electron chi connectivity index (χ3n) is 3.15. The first-order valence-electron chi connectivity index (χ1n) is 6.10. The van der Waals surface area contributed by atoms with Crippen LogP contribution in [0.15, 0.2) is 30.7 Å². The summed E-state index contributed by atoms with van der Waals surface area (Å²) in [5.41, 5.74) is 2.75. The zero-order valence-corrected chi connectivity index (χ0v) is 9.97. The van der Waals surface area contributed by atoms with E-state index in [2.05, 4.69) is 15.0 Å². The predicted molar refractivity (Wildman–Crippen MR) is 66.3 cm³/mol. The molecule has 90 valence electrons. The van der Waals surface area contributed by atoms with Crippen LogP contribution in [0.4, 0.5) is 0 Å². The lowest BCUT2D eigenvalue weighted by Gasteiger charge is -2.13. The van der Waals surface area contributed by atoms with Crippen LogP contribution in [-0.2, 0) is 12.8 Å². The second-order valence-electron chi connectivity index (χ2n) is 4.46. The summed E-state index contributed by atoms with van der Waals surface area (Å²) in [7, 11) is 0. The molecular formula is C14H13N3O. The van der Waals surface area contributed by atoms with Gasteiger partial charge in [0.05, 0.1) is 11.3 Å². The molecule has 4 nitrogen and oxygen atoms in total. The lowest BCUT2D eigenvalue weighted by Crippen LogP contribution is -2.14. The summed E-state index contributed by atoms with van der Waals surface area (Å²) in [6.07, 6.45) is 8.30. The van der Waals surface area contributed by atoms with Gasteiger partial charge in [-0.15, -0.1) is 0 Å². The third kappa shape index (κ3) is 2.14. The van der Waals surface area contributed by atoms with Crippen LogP contribution in [0.5, 0.6) is 0 Å². The molecule has 1 aliphatic rings. The number of aromatic nitrogens is 3. The van der Waals surface area contributed by atoms with Gasteiger partial charge in [-0.1, -0.05) is 0 Å². The Morgan fingerprint density at radius 1 is 1.17 bits per heavy atom. The number of fused-ring (bicyclic) bond motifs is 1. The largest absolute Gasteiger partial charge is 0.294 e. The van der Waals surface area contributed by atoms with Crippen molar-refractivity contribution in [1.29, 1.82) is 0 Å². The Bertz CT molecular complexity index is 581. The standard InChI is InChI=1S/C14H13N3O/c18-13-3-1-2-12-11(13)9-16-14(17-12)8-10-4-6-15-7-5-10/h4-7,9H,1-3,8H2. The van der Waals surface area contributed by atoms with Crippen LogP contribution in [0.3, 0.4) is 0 Å². The van der Waals surface area contributed by atoms with Gasteiger partial charge in [0.1, 0.15) is 5.82 Å². The minimum Gasteiger partial charge on any atom is -0.294 e. The number of nitrogens with zero attached hydrogens (tertiary/aromatic N) is 3. The molecule has 0 amide bonds. The van der Waals surface area contributed by atoms with Crippen molar-refractivity contribution in [2.24, 2.45) is 0 Å². The van der Waals surface area contributed by atoms with Gasteiger partial charge in [0, 0.05) is 31.4 Å². The van der Waals surface area contributed by atoms with Crippen molar-refractivity contribution in [2.75, 3.05) is 0 Å². The van der Waals surface area contributed by atoms with E-state index in [-0.39, 0.29) is 5.78 Å².